The molecule has 24 heavy (non-hydrogen) atoms. The molecule has 7 heteroatoms. The van der Waals surface area contributed by atoms with Crippen molar-refractivity contribution < 1.29 is 17.6 Å². The zero-order valence-corrected chi connectivity index (χ0v) is 12.2. The van der Waals surface area contributed by atoms with Crippen LogP contribution in [0.1, 0.15) is 11.1 Å². The molecule has 0 aliphatic carbocycles. The van der Waals surface area contributed by atoms with Crippen molar-refractivity contribution in [2.45, 2.75) is 6.18 Å². The molecule has 1 aromatic heterocycles. The maximum Gasteiger partial charge on any atom is 0.416 e. The maximum absolute atomic E-state index is 12.7. The molecule has 0 bridgehead atoms. The first kappa shape index (κ1) is 15.8. The highest BCUT2D eigenvalue weighted by Gasteiger charge is 2.30. The van der Waals surface area contributed by atoms with E-state index in [1.165, 1.54) is 12.1 Å². The van der Waals surface area contributed by atoms with E-state index in [1.807, 2.05) is 0 Å². The van der Waals surface area contributed by atoms with Gasteiger partial charge >= 0.3 is 6.18 Å². The highest BCUT2D eigenvalue weighted by atomic mass is 19.4. The van der Waals surface area contributed by atoms with E-state index in [-0.39, 0.29) is 17.1 Å². The Labute approximate surface area is 134 Å². The van der Waals surface area contributed by atoms with Gasteiger partial charge in [0, 0.05) is 6.21 Å². The van der Waals surface area contributed by atoms with Crippen molar-refractivity contribution in [1.29, 1.82) is 0 Å². The summed E-state index contributed by atoms with van der Waals surface area (Å²) >= 11 is 0. The lowest BCUT2D eigenvalue weighted by molar-refractivity contribution is -0.137. The average molecular weight is 332 g/mol. The van der Waals surface area contributed by atoms with Gasteiger partial charge in [0.25, 0.3) is 0 Å². The van der Waals surface area contributed by atoms with Crippen LogP contribution in [0.2, 0.25) is 0 Å². The summed E-state index contributed by atoms with van der Waals surface area (Å²) in [6, 6.07) is 11.0. The lowest BCUT2D eigenvalue weighted by Crippen LogP contribution is -2.11. The zero-order valence-electron chi connectivity index (χ0n) is 12.2. The summed E-state index contributed by atoms with van der Waals surface area (Å²) in [6.07, 6.45) is -3.35. The minimum atomic E-state index is -4.47. The number of hydrogen-bond acceptors (Lipinski definition) is 4. The monoisotopic (exact) mass is 332 g/mol. The van der Waals surface area contributed by atoms with Crippen LogP contribution in [-0.4, -0.2) is 6.21 Å². The first-order valence-electron chi connectivity index (χ1n) is 6.89. The van der Waals surface area contributed by atoms with Crippen LogP contribution in [0.5, 0.6) is 0 Å². The quantitative estimate of drug-likeness (QED) is 0.717. The van der Waals surface area contributed by atoms with E-state index < -0.39 is 17.2 Å². The second-order valence-electron chi connectivity index (χ2n) is 5.01. The van der Waals surface area contributed by atoms with Gasteiger partial charge in [-0.2, -0.15) is 13.2 Å². The van der Waals surface area contributed by atoms with Crippen LogP contribution in [0.25, 0.3) is 11.0 Å². The Hall–Kier alpha value is -3.09. The summed E-state index contributed by atoms with van der Waals surface area (Å²) < 4.78 is 43.4. The number of halogens is 3. The van der Waals surface area contributed by atoms with Crippen LogP contribution in [0.3, 0.4) is 0 Å². The van der Waals surface area contributed by atoms with Crippen molar-refractivity contribution in [3.05, 3.63) is 69.9 Å². The number of nitrogens with two attached hydrogens (primary N) is 1. The standard InChI is InChI=1S/C17H11F3N2O2/c18-17(19,20)10-4-3-5-11(8-10)22-9-13-15(23)12-6-1-2-7-14(12)24-16(13)21/h1-9H,21H2. The van der Waals surface area contributed by atoms with Crippen molar-refractivity contribution in [2.75, 3.05) is 5.73 Å². The molecule has 0 fully saturated rings. The fourth-order valence-corrected chi connectivity index (χ4v) is 2.20. The lowest BCUT2D eigenvalue weighted by Gasteiger charge is -2.06. The molecule has 2 N–H and O–H groups in total. The van der Waals surface area contributed by atoms with Crippen molar-refractivity contribution in [3.8, 4) is 0 Å². The van der Waals surface area contributed by atoms with Gasteiger partial charge in [-0.25, -0.2) is 0 Å². The first-order valence-corrected chi connectivity index (χ1v) is 6.89. The van der Waals surface area contributed by atoms with Gasteiger partial charge in [-0.3, -0.25) is 9.79 Å². The Kier molecular flexibility index (Phi) is 3.84. The normalized spacial score (nSPS) is 12.1. The van der Waals surface area contributed by atoms with Crippen molar-refractivity contribution in [3.63, 3.8) is 0 Å². The van der Waals surface area contributed by atoms with E-state index in [1.54, 1.807) is 24.3 Å². The maximum atomic E-state index is 12.7. The third kappa shape index (κ3) is 3.01. The number of benzene rings is 2. The molecule has 0 saturated carbocycles. The third-order valence-electron chi connectivity index (χ3n) is 3.38. The van der Waals surface area contributed by atoms with Gasteiger partial charge in [0.2, 0.25) is 11.3 Å². The van der Waals surface area contributed by atoms with Crippen molar-refractivity contribution >= 4 is 28.8 Å². The first-order chi connectivity index (χ1) is 11.4. The Balaban J connectivity index is 2.04. The van der Waals surface area contributed by atoms with Crippen LogP contribution >= 0.6 is 0 Å². The van der Waals surface area contributed by atoms with Crippen molar-refractivity contribution in [1.82, 2.24) is 0 Å². The van der Waals surface area contributed by atoms with Crippen LogP contribution in [-0.2, 0) is 6.18 Å². The molecule has 0 radical (unpaired) electrons. The number of fused-ring (bicyclic) bond motifs is 1. The summed E-state index contributed by atoms with van der Waals surface area (Å²) in [7, 11) is 0. The predicted molar refractivity (Wildman–Crippen MR) is 85.6 cm³/mol. The molecule has 0 amide bonds. The molecule has 0 saturated heterocycles. The second-order valence-corrected chi connectivity index (χ2v) is 5.01. The van der Waals surface area contributed by atoms with Crippen LogP contribution in [0.15, 0.2) is 62.7 Å². The van der Waals surface area contributed by atoms with E-state index in [0.29, 0.717) is 11.0 Å². The third-order valence-corrected chi connectivity index (χ3v) is 3.38. The molecule has 2 aromatic carbocycles. The Morgan fingerprint density at radius 3 is 2.58 bits per heavy atom. The summed E-state index contributed by atoms with van der Waals surface area (Å²) in [5, 5.41) is 0.317. The van der Waals surface area contributed by atoms with Gasteiger partial charge in [-0.05, 0) is 30.3 Å². The number of alkyl halides is 3. The number of anilines is 1. The minimum Gasteiger partial charge on any atom is -0.440 e. The van der Waals surface area contributed by atoms with Crippen LogP contribution in [0.4, 0.5) is 24.7 Å². The molecule has 0 unspecified atom stereocenters. The van der Waals surface area contributed by atoms with Gasteiger partial charge in [0.15, 0.2) is 0 Å². The second kappa shape index (κ2) is 5.84. The summed E-state index contributed by atoms with van der Waals surface area (Å²) in [5.74, 6) is -0.144. The Morgan fingerprint density at radius 2 is 1.83 bits per heavy atom. The minimum absolute atomic E-state index is 0.00823. The van der Waals surface area contributed by atoms with Gasteiger partial charge < -0.3 is 10.2 Å². The average Bonchev–Trinajstić information content (AvgIpc) is 2.54. The topological polar surface area (TPSA) is 68.6 Å². The molecule has 1 heterocycles. The van der Waals surface area contributed by atoms with Crippen LogP contribution in [0, 0.1) is 0 Å². The van der Waals surface area contributed by atoms with E-state index in [9.17, 15) is 18.0 Å². The molecule has 3 rings (SSSR count). The molecule has 4 nitrogen and oxygen atoms in total. The fraction of sp³-hybridized carbons (Fsp3) is 0.0588. The van der Waals surface area contributed by atoms with Gasteiger partial charge in [0.05, 0.1) is 16.6 Å². The number of aliphatic imine (C=N–C) groups is 1. The molecule has 0 aliphatic rings. The largest absolute Gasteiger partial charge is 0.440 e. The van der Waals surface area contributed by atoms with E-state index in [0.717, 1.165) is 18.3 Å². The highest BCUT2D eigenvalue weighted by Crippen LogP contribution is 2.31. The summed E-state index contributed by atoms with van der Waals surface area (Å²) in [5.41, 5.74) is 4.87. The van der Waals surface area contributed by atoms with Crippen molar-refractivity contribution in [2.24, 2.45) is 4.99 Å². The Bertz CT molecular complexity index is 991. The number of nitrogens with zero attached hydrogens (tertiary/aromatic N) is 1. The lowest BCUT2D eigenvalue weighted by atomic mass is 10.1. The predicted octanol–water partition coefficient (Wildman–Crippen LogP) is 4.14. The Morgan fingerprint density at radius 1 is 1.08 bits per heavy atom. The molecule has 0 atom stereocenters. The fourth-order valence-electron chi connectivity index (χ4n) is 2.20. The van der Waals surface area contributed by atoms with E-state index >= 15 is 0 Å². The molecule has 3 aromatic rings. The number of rotatable bonds is 2. The molecular weight excluding hydrogens is 321 g/mol. The molecular formula is C17H11F3N2O2. The van der Waals surface area contributed by atoms with Gasteiger partial charge in [-0.15, -0.1) is 0 Å². The SMILES string of the molecule is Nc1oc2ccccc2c(=O)c1C=Nc1cccc(C(F)(F)F)c1. The zero-order chi connectivity index (χ0) is 17.3. The highest BCUT2D eigenvalue weighted by molar-refractivity contribution is 5.92. The van der Waals surface area contributed by atoms with E-state index in [2.05, 4.69) is 4.99 Å². The number of hydrogen-bond donors (Lipinski definition) is 1. The van der Waals surface area contributed by atoms with E-state index in [4.69, 9.17) is 10.2 Å². The van der Waals surface area contributed by atoms with Gasteiger partial charge in [-0.1, -0.05) is 18.2 Å². The summed E-state index contributed by atoms with van der Waals surface area (Å²) in [6.45, 7) is 0. The molecule has 0 aliphatic heterocycles. The molecule has 122 valence electrons. The van der Waals surface area contributed by atoms with Crippen LogP contribution < -0.4 is 11.2 Å². The summed E-state index contributed by atoms with van der Waals surface area (Å²) in [4.78, 5) is 16.3. The molecule has 0 spiro atoms. The number of para-hydroxylation sites is 1. The smallest absolute Gasteiger partial charge is 0.416 e. The van der Waals surface area contributed by atoms with Gasteiger partial charge in [0.1, 0.15) is 11.1 Å². The number of nitrogen functional groups attached to an aromatic ring is 1.